The fraction of sp³-hybridized carbons (Fsp3) is 0.667. The zero-order chi connectivity index (χ0) is 10.4. The summed E-state index contributed by atoms with van der Waals surface area (Å²) in [5, 5.41) is 2.13. The van der Waals surface area contributed by atoms with Gasteiger partial charge in [-0.15, -0.1) is 0 Å². The molecule has 1 nitrogen and oxygen atoms in total. The number of hydrogen-bond acceptors (Lipinski definition) is 2. The van der Waals surface area contributed by atoms with Crippen molar-refractivity contribution in [1.29, 1.82) is 0 Å². The van der Waals surface area contributed by atoms with Crippen molar-refractivity contribution >= 4 is 11.9 Å². The van der Waals surface area contributed by atoms with Crippen molar-refractivity contribution in [2.45, 2.75) is 32.6 Å². The first kappa shape index (κ1) is 11.9. The van der Waals surface area contributed by atoms with Crippen molar-refractivity contribution in [2.75, 3.05) is 7.05 Å². The van der Waals surface area contributed by atoms with Crippen LogP contribution in [0.2, 0.25) is 0 Å². The molecule has 1 fully saturated rings. The summed E-state index contributed by atoms with van der Waals surface area (Å²) in [6, 6.07) is 0. The van der Waals surface area contributed by atoms with Crippen LogP contribution >= 0.6 is 11.9 Å². The molecule has 2 heteroatoms. The molecule has 1 N–H and O–H groups in total. The third kappa shape index (κ3) is 3.50. The Labute approximate surface area is 92.2 Å². The van der Waals surface area contributed by atoms with Crippen molar-refractivity contribution < 1.29 is 0 Å². The van der Waals surface area contributed by atoms with Crippen LogP contribution in [0.3, 0.4) is 0 Å². The highest BCUT2D eigenvalue weighted by Gasteiger charge is 2.25. The topological polar surface area (TPSA) is 12.0 Å². The zero-order valence-electron chi connectivity index (χ0n) is 9.25. The van der Waals surface area contributed by atoms with Crippen molar-refractivity contribution in [2.24, 2.45) is 11.8 Å². The third-order valence-corrected chi connectivity index (χ3v) is 3.74. The van der Waals surface area contributed by atoms with Crippen molar-refractivity contribution in [3.8, 4) is 0 Å². The van der Waals surface area contributed by atoms with Crippen molar-refractivity contribution in [3.63, 3.8) is 0 Å². The molecule has 1 rings (SSSR count). The molecule has 0 heterocycles. The molecular formula is C12H21NS. The van der Waals surface area contributed by atoms with Crippen molar-refractivity contribution in [3.05, 3.63) is 23.6 Å². The fourth-order valence-electron chi connectivity index (χ4n) is 2.07. The summed E-state index contributed by atoms with van der Waals surface area (Å²) in [7, 11) is 1.94. The molecule has 0 aromatic carbocycles. The lowest BCUT2D eigenvalue weighted by molar-refractivity contribution is 0.421. The molecule has 0 aromatic heterocycles. The van der Waals surface area contributed by atoms with Crippen molar-refractivity contribution in [1.82, 2.24) is 4.72 Å². The van der Waals surface area contributed by atoms with E-state index in [1.54, 1.807) is 11.9 Å². The molecule has 0 spiro atoms. The first-order valence-corrected chi connectivity index (χ1v) is 6.28. The molecule has 2 unspecified atom stereocenters. The average Bonchev–Trinajstić information content (AvgIpc) is 2.49. The van der Waals surface area contributed by atoms with Gasteiger partial charge in [-0.05, 0) is 50.0 Å². The fourth-order valence-corrected chi connectivity index (χ4v) is 2.44. The standard InChI is InChI=1S/C12H21NS/c1-10-7-8-12(11(10)2)6-4-5-9-14-13-3/h5,9,11-13H,1,4,6-8H2,2-3H3/b9-5-. The monoisotopic (exact) mass is 211 g/mol. The normalized spacial score (nSPS) is 27.7. The summed E-state index contributed by atoms with van der Waals surface area (Å²) in [6.07, 6.45) is 7.39. The molecule has 0 radical (unpaired) electrons. The van der Waals surface area contributed by atoms with E-state index in [0.717, 1.165) is 11.8 Å². The maximum atomic E-state index is 4.11. The molecule has 0 bridgehead atoms. The molecule has 2 atom stereocenters. The van der Waals surface area contributed by atoms with E-state index in [1.807, 2.05) is 7.05 Å². The Morgan fingerprint density at radius 1 is 1.64 bits per heavy atom. The molecule has 0 aromatic rings. The number of rotatable bonds is 5. The Morgan fingerprint density at radius 2 is 2.43 bits per heavy atom. The summed E-state index contributed by atoms with van der Waals surface area (Å²) in [4.78, 5) is 0. The Morgan fingerprint density at radius 3 is 3.00 bits per heavy atom. The largest absolute Gasteiger partial charge is 0.264 e. The number of nitrogens with one attached hydrogen (secondary N) is 1. The smallest absolute Gasteiger partial charge is 0.00533 e. The Hall–Kier alpha value is -0.210. The van der Waals surface area contributed by atoms with Gasteiger partial charge in [-0.3, -0.25) is 4.72 Å². The van der Waals surface area contributed by atoms with Gasteiger partial charge >= 0.3 is 0 Å². The zero-order valence-corrected chi connectivity index (χ0v) is 10.1. The summed E-state index contributed by atoms with van der Waals surface area (Å²) in [6.45, 7) is 6.44. The molecular weight excluding hydrogens is 190 g/mol. The summed E-state index contributed by atoms with van der Waals surface area (Å²) in [5.41, 5.74) is 1.46. The van der Waals surface area contributed by atoms with E-state index in [9.17, 15) is 0 Å². The highest BCUT2D eigenvalue weighted by molar-refractivity contribution is 8.00. The van der Waals surface area contributed by atoms with E-state index in [-0.39, 0.29) is 0 Å². The summed E-state index contributed by atoms with van der Waals surface area (Å²) < 4.78 is 3.03. The lowest BCUT2D eigenvalue weighted by Crippen LogP contribution is -2.03. The van der Waals surface area contributed by atoms with E-state index in [4.69, 9.17) is 0 Å². The van der Waals surface area contributed by atoms with E-state index in [2.05, 4.69) is 29.7 Å². The second-order valence-electron chi connectivity index (χ2n) is 4.02. The van der Waals surface area contributed by atoms with Gasteiger partial charge in [0.2, 0.25) is 0 Å². The van der Waals surface area contributed by atoms with Crippen LogP contribution < -0.4 is 4.72 Å². The second kappa shape index (κ2) is 6.31. The molecule has 1 aliphatic rings. The Kier molecular flexibility index (Phi) is 5.34. The second-order valence-corrected chi connectivity index (χ2v) is 4.93. The van der Waals surface area contributed by atoms with Gasteiger partial charge in [0.1, 0.15) is 0 Å². The minimum atomic E-state index is 0.750. The van der Waals surface area contributed by atoms with Crippen LogP contribution in [0.5, 0.6) is 0 Å². The minimum absolute atomic E-state index is 0.750. The lowest BCUT2D eigenvalue weighted by Gasteiger charge is -2.14. The lowest BCUT2D eigenvalue weighted by atomic mass is 9.92. The van der Waals surface area contributed by atoms with E-state index >= 15 is 0 Å². The maximum absolute atomic E-state index is 4.11. The summed E-state index contributed by atoms with van der Waals surface area (Å²) >= 11 is 1.64. The SMILES string of the molecule is C=C1CCC(CC/C=C\SNC)C1C. The van der Waals surface area contributed by atoms with Crippen LogP contribution in [-0.2, 0) is 0 Å². The molecule has 1 saturated carbocycles. The first-order valence-electron chi connectivity index (χ1n) is 5.40. The first-order chi connectivity index (χ1) is 6.75. The van der Waals surface area contributed by atoms with Gasteiger partial charge in [-0.1, -0.05) is 37.1 Å². The predicted octanol–water partition coefficient (Wildman–Crippen LogP) is 3.75. The van der Waals surface area contributed by atoms with Crippen LogP contribution in [0.25, 0.3) is 0 Å². The van der Waals surface area contributed by atoms with Gasteiger partial charge in [-0.2, -0.15) is 0 Å². The van der Waals surface area contributed by atoms with Crippen LogP contribution in [0.1, 0.15) is 32.6 Å². The van der Waals surface area contributed by atoms with Gasteiger partial charge in [-0.25, -0.2) is 0 Å². The number of hydrogen-bond donors (Lipinski definition) is 1. The Balaban J connectivity index is 2.16. The van der Waals surface area contributed by atoms with Crippen LogP contribution in [-0.4, -0.2) is 7.05 Å². The third-order valence-electron chi connectivity index (χ3n) is 3.17. The maximum Gasteiger partial charge on any atom is -0.00533 e. The Bertz CT molecular complexity index is 210. The van der Waals surface area contributed by atoms with E-state index < -0.39 is 0 Å². The minimum Gasteiger partial charge on any atom is -0.264 e. The average molecular weight is 211 g/mol. The predicted molar refractivity (Wildman–Crippen MR) is 66.1 cm³/mol. The molecule has 14 heavy (non-hydrogen) atoms. The summed E-state index contributed by atoms with van der Waals surface area (Å²) in [5.74, 6) is 1.63. The quantitative estimate of drug-likeness (QED) is 0.549. The number of allylic oxidation sites excluding steroid dienone is 2. The van der Waals surface area contributed by atoms with Crippen LogP contribution in [0.4, 0.5) is 0 Å². The highest BCUT2D eigenvalue weighted by atomic mass is 32.2. The van der Waals surface area contributed by atoms with Gasteiger partial charge in [0.25, 0.3) is 0 Å². The van der Waals surface area contributed by atoms with Gasteiger partial charge in [0.05, 0.1) is 0 Å². The molecule has 0 aliphatic heterocycles. The van der Waals surface area contributed by atoms with Crippen LogP contribution in [0.15, 0.2) is 23.6 Å². The van der Waals surface area contributed by atoms with Gasteiger partial charge < -0.3 is 0 Å². The van der Waals surface area contributed by atoms with Gasteiger partial charge in [0, 0.05) is 0 Å². The molecule has 1 aliphatic carbocycles. The molecule has 0 saturated heterocycles. The molecule has 0 amide bonds. The highest BCUT2D eigenvalue weighted by Crippen LogP contribution is 2.37. The van der Waals surface area contributed by atoms with Gasteiger partial charge in [0.15, 0.2) is 0 Å². The van der Waals surface area contributed by atoms with E-state index in [0.29, 0.717) is 0 Å². The molecule has 80 valence electrons. The van der Waals surface area contributed by atoms with Crippen LogP contribution in [0, 0.1) is 11.8 Å². The van der Waals surface area contributed by atoms with E-state index in [1.165, 1.54) is 31.3 Å².